The summed E-state index contributed by atoms with van der Waals surface area (Å²) in [6.45, 7) is 1.98. The molecular formula is C12H17N3O2S2. The maximum absolute atomic E-state index is 11.3. The van der Waals surface area contributed by atoms with Crippen LogP contribution < -0.4 is 11.1 Å². The number of rotatable bonds is 3. The lowest BCUT2D eigenvalue weighted by molar-refractivity contribution is 0.287. The monoisotopic (exact) mass is 299 g/mol. The molecule has 7 heteroatoms. The van der Waals surface area contributed by atoms with E-state index in [4.69, 9.17) is 18.0 Å². The van der Waals surface area contributed by atoms with Crippen molar-refractivity contribution in [3.63, 3.8) is 0 Å². The van der Waals surface area contributed by atoms with Crippen LogP contribution in [0.5, 0.6) is 0 Å². The zero-order chi connectivity index (χ0) is 13.9. The molecule has 2 rings (SSSR count). The number of sulfone groups is 1. The molecule has 0 spiro atoms. The Morgan fingerprint density at radius 3 is 2.37 bits per heavy atom. The van der Waals surface area contributed by atoms with E-state index in [2.05, 4.69) is 10.2 Å². The Balaban J connectivity index is 1.91. The standard InChI is InChI=1S/C12H17N3O2S2/c13-12(18)14-11-3-1-10(2-4-11)9-15-5-7-19(16,17)8-6-15/h1-4H,5-9H2,(H3,13,14,18). The first-order chi connectivity index (χ1) is 8.94. The van der Waals surface area contributed by atoms with Gasteiger partial charge in [0.25, 0.3) is 0 Å². The summed E-state index contributed by atoms with van der Waals surface area (Å²) >= 11 is 4.76. The van der Waals surface area contributed by atoms with E-state index in [1.807, 2.05) is 24.3 Å². The highest BCUT2D eigenvalue weighted by molar-refractivity contribution is 7.91. The van der Waals surface area contributed by atoms with Crippen LogP contribution >= 0.6 is 12.2 Å². The second-order valence-corrected chi connectivity index (χ2v) is 7.36. The third-order valence-corrected chi connectivity index (χ3v) is 4.78. The molecular weight excluding hydrogens is 282 g/mol. The van der Waals surface area contributed by atoms with Crippen LogP contribution in [0.3, 0.4) is 0 Å². The van der Waals surface area contributed by atoms with E-state index in [9.17, 15) is 8.42 Å². The van der Waals surface area contributed by atoms with Crippen molar-refractivity contribution >= 4 is 32.9 Å². The SMILES string of the molecule is NC(=S)Nc1ccc(CN2CCS(=O)(=O)CC2)cc1. The van der Waals surface area contributed by atoms with Crippen molar-refractivity contribution in [2.45, 2.75) is 6.54 Å². The molecule has 5 nitrogen and oxygen atoms in total. The molecule has 0 unspecified atom stereocenters. The van der Waals surface area contributed by atoms with Crippen molar-refractivity contribution in [1.29, 1.82) is 0 Å². The second-order valence-electron chi connectivity index (χ2n) is 4.61. The molecule has 3 N–H and O–H groups in total. The van der Waals surface area contributed by atoms with Crippen molar-refractivity contribution in [3.05, 3.63) is 29.8 Å². The van der Waals surface area contributed by atoms with Gasteiger partial charge in [0.15, 0.2) is 14.9 Å². The molecule has 1 fully saturated rings. The lowest BCUT2D eigenvalue weighted by atomic mass is 10.2. The number of nitrogens with two attached hydrogens (primary N) is 1. The lowest BCUT2D eigenvalue weighted by Crippen LogP contribution is -2.39. The Morgan fingerprint density at radius 2 is 1.84 bits per heavy atom. The molecule has 0 bridgehead atoms. The Hall–Kier alpha value is -1.18. The first-order valence-corrected chi connectivity index (χ1v) is 8.26. The molecule has 1 saturated heterocycles. The number of benzene rings is 1. The predicted octanol–water partition coefficient (Wildman–Crippen LogP) is 0.572. The second kappa shape index (κ2) is 5.85. The molecule has 104 valence electrons. The third-order valence-electron chi connectivity index (χ3n) is 3.06. The van der Waals surface area contributed by atoms with Crippen LogP contribution in [0.25, 0.3) is 0 Å². The summed E-state index contributed by atoms with van der Waals surface area (Å²) in [4.78, 5) is 2.15. The van der Waals surface area contributed by atoms with Gasteiger partial charge in [-0.2, -0.15) is 0 Å². The van der Waals surface area contributed by atoms with Gasteiger partial charge in [0.1, 0.15) is 0 Å². The largest absolute Gasteiger partial charge is 0.376 e. The molecule has 1 aliphatic rings. The average molecular weight is 299 g/mol. The third kappa shape index (κ3) is 4.45. The van der Waals surface area contributed by atoms with Crippen molar-refractivity contribution in [2.75, 3.05) is 29.9 Å². The Bertz CT molecular complexity index is 541. The number of nitrogens with zero attached hydrogens (tertiary/aromatic N) is 1. The number of hydrogen-bond acceptors (Lipinski definition) is 4. The quantitative estimate of drug-likeness (QED) is 0.795. The van der Waals surface area contributed by atoms with Crippen LogP contribution in [0.4, 0.5) is 5.69 Å². The Labute approximate surface area is 118 Å². The molecule has 0 amide bonds. The van der Waals surface area contributed by atoms with Gasteiger partial charge in [0.2, 0.25) is 0 Å². The van der Waals surface area contributed by atoms with Crippen LogP contribution in [-0.4, -0.2) is 43.0 Å². The van der Waals surface area contributed by atoms with Crippen molar-refractivity contribution in [3.8, 4) is 0 Å². The summed E-state index contributed by atoms with van der Waals surface area (Å²) in [6, 6.07) is 7.80. The molecule has 0 atom stereocenters. The van der Waals surface area contributed by atoms with Crippen LogP contribution in [0, 0.1) is 0 Å². The fourth-order valence-electron chi connectivity index (χ4n) is 2.00. The first-order valence-electron chi connectivity index (χ1n) is 6.03. The smallest absolute Gasteiger partial charge is 0.168 e. The van der Waals surface area contributed by atoms with Crippen LogP contribution in [0.15, 0.2) is 24.3 Å². The van der Waals surface area contributed by atoms with Crippen molar-refractivity contribution in [2.24, 2.45) is 5.73 Å². The van der Waals surface area contributed by atoms with Crippen LogP contribution in [0.1, 0.15) is 5.56 Å². The van der Waals surface area contributed by atoms with Crippen LogP contribution in [-0.2, 0) is 16.4 Å². The summed E-state index contributed by atoms with van der Waals surface area (Å²) in [5, 5.41) is 3.11. The van der Waals surface area contributed by atoms with E-state index in [1.54, 1.807) is 0 Å². The van der Waals surface area contributed by atoms with E-state index < -0.39 is 9.84 Å². The van der Waals surface area contributed by atoms with Gasteiger partial charge >= 0.3 is 0 Å². The van der Waals surface area contributed by atoms with E-state index in [0.29, 0.717) is 13.1 Å². The van der Waals surface area contributed by atoms with Crippen LogP contribution in [0.2, 0.25) is 0 Å². The molecule has 0 radical (unpaired) electrons. The molecule has 0 saturated carbocycles. The zero-order valence-corrected chi connectivity index (χ0v) is 12.1. The van der Waals surface area contributed by atoms with Gasteiger partial charge in [-0.1, -0.05) is 12.1 Å². The number of thiocarbonyl (C=S) groups is 1. The fraction of sp³-hybridized carbons (Fsp3) is 0.417. The van der Waals surface area contributed by atoms with Gasteiger partial charge in [-0.25, -0.2) is 8.42 Å². The molecule has 1 aliphatic heterocycles. The molecule has 1 aromatic carbocycles. The van der Waals surface area contributed by atoms with E-state index >= 15 is 0 Å². The van der Waals surface area contributed by atoms with Gasteiger partial charge in [-0.15, -0.1) is 0 Å². The van der Waals surface area contributed by atoms with E-state index in [-0.39, 0.29) is 16.6 Å². The molecule has 0 aliphatic carbocycles. The lowest BCUT2D eigenvalue weighted by Gasteiger charge is -2.26. The average Bonchev–Trinajstić information content (AvgIpc) is 2.34. The molecule has 0 aromatic heterocycles. The Morgan fingerprint density at radius 1 is 1.26 bits per heavy atom. The molecule has 19 heavy (non-hydrogen) atoms. The summed E-state index contributed by atoms with van der Waals surface area (Å²) < 4.78 is 22.7. The highest BCUT2D eigenvalue weighted by Crippen LogP contribution is 2.13. The van der Waals surface area contributed by atoms with Crippen molar-refractivity contribution < 1.29 is 8.42 Å². The maximum Gasteiger partial charge on any atom is 0.168 e. The molecule has 1 heterocycles. The van der Waals surface area contributed by atoms with Gasteiger partial charge in [0, 0.05) is 25.3 Å². The summed E-state index contributed by atoms with van der Waals surface area (Å²) in [5.41, 5.74) is 7.40. The number of hydrogen-bond donors (Lipinski definition) is 2. The Kier molecular flexibility index (Phi) is 4.38. The predicted molar refractivity (Wildman–Crippen MR) is 80.8 cm³/mol. The van der Waals surface area contributed by atoms with E-state index in [0.717, 1.165) is 17.8 Å². The van der Waals surface area contributed by atoms with Crippen molar-refractivity contribution in [1.82, 2.24) is 4.90 Å². The van der Waals surface area contributed by atoms with Gasteiger partial charge in [-0.05, 0) is 29.9 Å². The highest BCUT2D eigenvalue weighted by atomic mass is 32.2. The fourth-order valence-corrected chi connectivity index (χ4v) is 3.40. The maximum atomic E-state index is 11.3. The normalized spacial score (nSPS) is 18.9. The van der Waals surface area contributed by atoms with E-state index in [1.165, 1.54) is 0 Å². The van der Waals surface area contributed by atoms with Gasteiger partial charge < -0.3 is 11.1 Å². The minimum absolute atomic E-state index is 0.244. The summed E-state index contributed by atoms with van der Waals surface area (Å²) in [5.74, 6) is 0.516. The van der Waals surface area contributed by atoms with Gasteiger partial charge in [-0.3, -0.25) is 4.90 Å². The minimum atomic E-state index is -2.81. The number of nitrogens with one attached hydrogen (secondary N) is 1. The highest BCUT2D eigenvalue weighted by Gasteiger charge is 2.21. The topological polar surface area (TPSA) is 75.4 Å². The van der Waals surface area contributed by atoms with Gasteiger partial charge in [0.05, 0.1) is 11.5 Å². The zero-order valence-electron chi connectivity index (χ0n) is 10.5. The minimum Gasteiger partial charge on any atom is -0.376 e. The first kappa shape index (κ1) is 14.2. The number of anilines is 1. The summed E-state index contributed by atoms with van der Waals surface area (Å²) in [6.07, 6.45) is 0. The summed E-state index contributed by atoms with van der Waals surface area (Å²) in [7, 11) is -2.81. The molecule has 1 aromatic rings.